The molecule has 0 aliphatic heterocycles. The van der Waals surface area contributed by atoms with E-state index in [-0.39, 0.29) is 0 Å². The lowest BCUT2D eigenvalue weighted by atomic mass is 8.97. The minimum atomic E-state index is 0.778. The minimum Gasteiger partial charge on any atom is -0.0999 e. The van der Waals surface area contributed by atoms with Gasteiger partial charge in [-0.3, -0.25) is 0 Å². The van der Waals surface area contributed by atoms with Crippen LogP contribution in [0, 0.1) is 0 Å². The third-order valence-electron chi connectivity index (χ3n) is 1.58. The molecule has 37 valence electrons. The van der Waals surface area contributed by atoms with Gasteiger partial charge in [0.15, 0.2) is 0 Å². The summed E-state index contributed by atoms with van der Waals surface area (Å²) in [5.74, 6) is 0. The van der Waals surface area contributed by atoms with Gasteiger partial charge in [-0.05, 0) is 0 Å². The molecule has 0 atom stereocenters. The molecular formula is C4H12B3. The van der Waals surface area contributed by atoms with Crippen LogP contribution >= 0.6 is 0 Å². The third kappa shape index (κ3) is 2.84. The zero-order chi connectivity index (χ0) is 5.86. The van der Waals surface area contributed by atoms with Crippen molar-refractivity contribution in [3.05, 3.63) is 0 Å². The molecule has 0 aromatic carbocycles. The van der Waals surface area contributed by atoms with Crippen LogP contribution in [0.3, 0.4) is 0 Å². The molecule has 0 spiro atoms. The Hall–Kier alpha value is 0.195. The summed E-state index contributed by atoms with van der Waals surface area (Å²) in [6.45, 7) is 10.4. The first-order valence-corrected chi connectivity index (χ1v) is 2.98. The Bertz CT molecular complexity index is 44.2. The van der Waals surface area contributed by atoms with E-state index in [1.807, 2.05) is 0 Å². The normalized spacial score (nSPS) is 8.00. The van der Waals surface area contributed by atoms with Crippen molar-refractivity contribution in [2.45, 2.75) is 27.3 Å². The average molecular weight is 92.6 g/mol. The summed E-state index contributed by atoms with van der Waals surface area (Å²) >= 11 is 0. The molecule has 1 radical (unpaired) electrons. The van der Waals surface area contributed by atoms with Crippen LogP contribution in [0.2, 0.25) is 27.3 Å². The van der Waals surface area contributed by atoms with Gasteiger partial charge in [-0.15, -0.1) is 0 Å². The quantitative estimate of drug-likeness (QED) is 0.449. The van der Waals surface area contributed by atoms with E-state index in [1.54, 1.807) is 0 Å². The van der Waals surface area contributed by atoms with Gasteiger partial charge in [0.25, 0.3) is 0 Å². The van der Waals surface area contributed by atoms with Gasteiger partial charge in [-0.2, -0.15) is 0 Å². The first kappa shape index (κ1) is 7.19. The van der Waals surface area contributed by atoms with Crippen molar-refractivity contribution in [2.24, 2.45) is 0 Å². The maximum atomic E-state index is 2.24. The largest absolute Gasteiger partial charge is 0.0999 e. The van der Waals surface area contributed by atoms with Gasteiger partial charge < -0.3 is 0 Å². The van der Waals surface area contributed by atoms with Crippen molar-refractivity contribution in [3.8, 4) is 0 Å². The van der Waals surface area contributed by atoms with E-state index in [1.165, 1.54) is 0 Å². The molecule has 0 N–H and O–H groups in total. The molecule has 0 nitrogen and oxygen atoms in total. The zero-order valence-corrected chi connectivity index (χ0v) is 5.73. The zero-order valence-electron chi connectivity index (χ0n) is 5.73. The van der Waals surface area contributed by atoms with Crippen molar-refractivity contribution in [1.29, 1.82) is 0 Å². The lowest BCUT2D eigenvalue weighted by molar-refractivity contribution is 2.05. The second kappa shape index (κ2) is 3.23. The van der Waals surface area contributed by atoms with Crippen molar-refractivity contribution in [1.82, 2.24) is 0 Å². The summed E-state index contributed by atoms with van der Waals surface area (Å²) in [6, 6.07) is 0. The van der Waals surface area contributed by atoms with Crippen LogP contribution in [0.4, 0.5) is 0 Å². The van der Waals surface area contributed by atoms with Gasteiger partial charge in [0, 0.05) is 0 Å². The fourth-order valence-electron chi connectivity index (χ4n) is 0.385. The summed E-state index contributed by atoms with van der Waals surface area (Å²) in [5.41, 5.74) is 0. The summed E-state index contributed by atoms with van der Waals surface area (Å²) < 4.78 is 0. The molecule has 0 saturated heterocycles. The van der Waals surface area contributed by atoms with Gasteiger partial charge in [0.1, 0.15) is 0 Å². The van der Waals surface area contributed by atoms with Crippen LogP contribution in [0.5, 0.6) is 0 Å². The predicted octanol–water partition coefficient (Wildman–Crippen LogP) is 1.19. The second-order valence-corrected chi connectivity index (χ2v) is 2.44. The van der Waals surface area contributed by atoms with Crippen molar-refractivity contribution in [2.75, 3.05) is 0 Å². The Labute approximate surface area is 48.4 Å². The Kier molecular flexibility index (Phi) is 3.32. The molecule has 0 aromatic rings. The molecular weight excluding hydrogens is 80.5 g/mol. The molecule has 0 fully saturated rings. The maximum absolute atomic E-state index is 2.24. The molecule has 0 aromatic heterocycles. The van der Waals surface area contributed by atoms with Crippen LogP contribution in [0.1, 0.15) is 0 Å². The van der Waals surface area contributed by atoms with Crippen molar-refractivity contribution in [3.63, 3.8) is 0 Å². The van der Waals surface area contributed by atoms with E-state index in [2.05, 4.69) is 34.5 Å². The van der Waals surface area contributed by atoms with E-state index in [4.69, 9.17) is 0 Å². The van der Waals surface area contributed by atoms with E-state index in [9.17, 15) is 0 Å². The van der Waals surface area contributed by atoms with E-state index in [0.29, 0.717) is 0 Å². The van der Waals surface area contributed by atoms with Gasteiger partial charge in [-0.1, -0.05) is 27.3 Å². The number of rotatable bonds is 2. The molecule has 0 aliphatic carbocycles. The number of hydrogen-bond donors (Lipinski definition) is 0. The fourth-order valence-corrected chi connectivity index (χ4v) is 0.385. The first-order valence-electron chi connectivity index (χ1n) is 2.98. The molecule has 0 amide bonds. The van der Waals surface area contributed by atoms with Gasteiger partial charge >= 0.3 is 0 Å². The average Bonchev–Trinajstić information content (AvgIpc) is 1.65. The van der Waals surface area contributed by atoms with Gasteiger partial charge in [0.05, 0.1) is 20.3 Å². The standard InChI is InChI=1S/C4H12B3/c1-5-7(4)6(2)3/h1-4H3. The van der Waals surface area contributed by atoms with Crippen LogP contribution in [-0.2, 0) is 0 Å². The molecule has 3 heteroatoms. The monoisotopic (exact) mass is 93.1 g/mol. The lowest BCUT2D eigenvalue weighted by Crippen LogP contribution is -2.31. The predicted molar refractivity (Wildman–Crippen MR) is 40.7 cm³/mol. The lowest BCUT2D eigenvalue weighted by Gasteiger charge is -2.02. The van der Waals surface area contributed by atoms with E-state index >= 15 is 0 Å². The highest BCUT2D eigenvalue weighted by molar-refractivity contribution is 7.44. The fraction of sp³-hybridized carbons (Fsp3) is 1.00. The SMILES string of the molecule is C[B]B(C)B(C)C. The maximum Gasteiger partial charge on any atom is 0.0931 e. The summed E-state index contributed by atoms with van der Waals surface area (Å²) in [5, 5.41) is 0. The highest BCUT2D eigenvalue weighted by atomic mass is 13.3. The third-order valence-corrected chi connectivity index (χ3v) is 1.58. The molecule has 0 unspecified atom stereocenters. The Morgan fingerprint density at radius 1 is 1.14 bits per heavy atom. The summed E-state index contributed by atoms with van der Waals surface area (Å²) in [7, 11) is 2.24. The summed E-state index contributed by atoms with van der Waals surface area (Å²) in [6.07, 6.45) is 0. The van der Waals surface area contributed by atoms with Crippen LogP contribution in [0.25, 0.3) is 0 Å². The highest BCUT2D eigenvalue weighted by Gasteiger charge is 2.09. The van der Waals surface area contributed by atoms with Crippen LogP contribution < -0.4 is 0 Å². The smallest absolute Gasteiger partial charge is 0.0931 e. The van der Waals surface area contributed by atoms with Gasteiger partial charge in [-0.25, -0.2) is 0 Å². The highest BCUT2D eigenvalue weighted by Crippen LogP contribution is 1.85. The van der Waals surface area contributed by atoms with Crippen LogP contribution in [-0.4, -0.2) is 20.3 Å². The van der Waals surface area contributed by atoms with Crippen LogP contribution in [0.15, 0.2) is 0 Å². The minimum absolute atomic E-state index is 0.778. The van der Waals surface area contributed by atoms with Crippen molar-refractivity contribution >= 4 is 20.3 Å². The van der Waals surface area contributed by atoms with E-state index in [0.717, 1.165) is 13.1 Å². The van der Waals surface area contributed by atoms with E-state index < -0.39 is 0 Å². The molecule has 0 heterocycles. The Morgan fingerprint density at radius 2 is 1.57 bits per heavy atom. The topological polar surface area (TPSA) is 0 Å². The van der Waals surface area contributed by atoms with Crippen molar-refractivity contribution < 1.29 is 0 Å². The molecule has 7 heavy (non-hydrogen) atoms. The Balaban J connectivity index is 3.14. The molecule has 0 aliphatic rings. The molecule has 0 saturated carbocycles. The van der Waals surface area contributed by atoms with Gasteiger partial charge in [0.2, 0.25) is 0 Å². The summed E-state index contributed by atoms with van der Waals surface area (Å²) in [4.78, 5) is 0. The first-order chi connectivity index (χ1) is 3.18. The second-order valence-electron chi connectivity index (χ2n) is 2.44. The number of hydrogen-bond acceptors (Lipinski definition) is 0. The molecule has 0 rings (SSSR count). The molecule has 0 bridgehead atoms. The Morgan fingerprint density at radius 3 is 1.57 bits per heavy atom.